The molecule has 160 valence electrons. The molecule has 0 saturated carbocycles. The van der Waals surface area contributed by atoms with Gasteiger partial charge in [-0.05, 0) is 55.2 Å². The molecule has 7 heteroatoms. The Morgan fingerprint density at radius 2 is 2.00 bits per heavy atom. The summed E-state index contributed by atoms with van der Waals surface area (Å²) >= 11 is 0. The number of rotatable bonds is 8. The fraction of sp³-hybridized carbons (Fsp3) is 0.435. The largest absolute Gasteiger partial charge is 0.462 e. The first-order chi connectivity index (χ1) is 14.1. The van der Waals surface area contributed by atoms with Gasteiger partial charge in [-0.1, -0.05) is 32.9 Å². The quantitative estimate of drug-likeness (QED) is 0.448. The predicted octanol–water partition coefficient (Wildman–Crippen LogP) is 5.44. The van der Waals surface area contributed by atoms with Gasteiger partial charge >= 0.3 is 5.97 Å². The highest BCUT2D eigenvalue weighted by molar-refractivity contribution is 6.74. The molecule has 1 aromatic carbocycles. The van der Waals surface area contributed by atoms with E-state index in [1.807, 2.05) is 24.3 Å². The number of esters is 1. The molecule has 0 aliphatic carbocycles. The summed E-state index contributed by atoms with van der Waals surface area (Å²) in [6.07, 6.45) is 2.23. The van der Waals surface area contributed by atoms with Crippen LogP contribution in [0.5, 0.6) is 0 Å². The van der Waals surface area contributed by atoms with Crippen LogP contribution < -0.4 is 5.32 Å². The summed E-state index contributed by atoms with van der Waals surface area (Å²) in [5, 5.41) is 12.5. The van der Waals surface area contributed by atoms with Crippen LogP contribution in [-0.2, 0) is 15.6 Å². The van der Waals surface area contributed by atoms with Crippen molar-refractivity contribution in [3.63, 3.8) is 0 Å². The minimum Gasteiger partial charge on any atom is -0.462 e. The lowest BCUT2D eigenvalue weighted by Crippen LogP contribution is -2.41. The Balaban J connectivity index is 2.14. The first kappa shape index (κ1) is 23.6. The van der Waals surface area contributed by atoms with E-state index in [4.69, 9.17) is 14.4 Å². The van der Waals surface area contributed by atoms with Crippen molar-refractivity contribution in [2.75, 3.05) is 18.5 Å². The topological polar surface area (TPSA) is 84.2 Å². The number of nitrogens with zero attached hydrogens (tertiary/aromatic N) is 2. The highest BCUT2D eigenvalue weighted by Gasteiger charge is 2.36. The number of carbonyl (C=O) groups excluding carboxylic acids is 1. The average molecular weight is 426 g/mol. The van der Waals surface area contributed by atoms with Crippen molar-refractivity contribution in [1.82, 2.24) is 4.98 Å². The first-order valence-electron chi connectivity index (χ1n) is 10.1. The molecule has 0 unspecified atom stereocenters. The van der Waals surface area contributed by atoms with Gasteiger partial charge in [0.1, 0.15) is 17.5 Å². The average Bonchev–Trinajstić information content (AvgIpc) is 2.68. The number of benzene rings is 1. The molecule has 1 N–H and O–H groups in total. The van der Waals surface area contributed by atoms with Crippen molar-refractivity contribution in [2.45, 2.75) is 52.2 Å². The van der Waals surface area contributed by atoms with E-state index in [0.717, 1.165) is 17.7 Å². The lowest BCUT2D eigenvalue weighted by molar-refractivity contribution is 0.0527. The second-order valence-corrected chi connectivity index (χ2v) is 13.4. The van der Waals surface area contributed by atoms with Gasteiger partial charge in [-0.15, -0.1) is 0 Å². The number of aromatic nitrogens is 1. The zero-order chi connectivity index (χ0) is 22.4. The van der Waals surface area contributed by atoms with Crippen molar-refractivity contribution in [3.8, 4) is 6.07 Å². The Hall–Kier alpha value is -2.69. The highest BCUT2D eigenvalue weighted by Crippen LogP contribution is 2.36. The summed E-state index contributed by atoms with van der Waals surface area (Å²) in [4.78, 5) is 16.5. The SMILES string of the molecule is CCOC(=O)c1cc(C#N)cnc1Nc1cccc(CCO[Si](C)(C)C(C)(C)C)c1. The molecule has 2 aromatic rings. The monoisotopic (exact) mass is 425 g/mol. The van der Waals surface area contributed by atoms with Crippen molar-refractivity contribution in [2.24, 2.45) is 0 Å². The van der Waals surface area contributed by atoms with Gasteiger partial charge in [-0.2, -0.15) is 5.26 Å². The number of ether oxygens (including phenoxy) is 1. The third-order valence-electron chi connectivity index (χ3n) is 5.36. The smallest absolute Gasteiger partial charge is 0.341 e. The van der Waals surface area contributed by atoms with Crippen LogP contribution in [0.3, 0.4) is 0 Å². The van der Waals surface area contributed by atoms with E-state index in [1.54, 1.807) is 6.92 Å². The molecule has 0 amide bonds. The molecule has 0 radical (unpaired) electrons. The minimum atomic E-state index is -1.77. The van der Waals surface area contributed by atoms with Gasteiger partial charge in [0.15, 0.2) is 8.32 Å². The zero-order valence-corrected chi connectivity index (χ0v) is 19.7. The van der Waals surface area contributed by atoms with E-state index < -0.39 is 14.3 Å². The Bertz CT molecular complexity index is 930. The molecule has 0 fully saturated rings. The maximum Gasteiger partial charge on any atom is 0.341 e. The number of hydrogen-bond donors (Lipinski definition) is 1. The maximum atomic E-state index is 12.3. The van der Waals surface area contributed by atoms with Crippen LogP contribution in [0.25, 0.3) is 0 Å². The molecule has 0 aliphatic heterocycles. The van der Waals surface area contributed by atoms with Crippen LogP contribution in [0.1, 0.15) is 49.2 Å². The Morgan fingerprint density at radius 1 is 1.27 bits per heavy atom. The van der Waals surface area contributed by atoms with Crippen molar-refractivity contribution in [3.05, 3.63) is 53.2 Å². The van der Waals surface area contributed by atoms with Gasteiger partial charge in [0.2, 0.25) is 0 Å². The molecule has 0 spiro atoms. The number of carbonyl (C=O) groups is 1. The second-order valence-electron chi connectivity index (χ2n) is 8.64. The molecule has 2 rings (SSSR count). The predicted molar refractivity (Wildman–Crippen MR) is 121 cm³/mol. The van der Waals surface area contributed by atoms with Gasteiger partial charge < -0.3 is 14.5 Å². The number of pyridine rings is 1. The van der Waals surface area contributed by atoms with E-state index in [9.17, 15) is 4.79 Å². The molecule has 1 aromatic heterocycles. The van der Waals surface area contributed by atoms with Crippen LogP contribution >= 0.6 is 0 Å². The van der Waals surface area contributed by atoms with Gasteiger partial charge in [-0.3, -0.25) is 0 Å². The van der Waals surface area contributed by atoms with Gasteiger partial charge in [-0.25, -0.2) is 9.78 Å². The molecule has 0 saturated heterocycles. The molecule has 0 atom stereocenters. The van der Waals surface area contributed by atoms with E-state index >= 15 is 0 Å². The van der Waals surface area contributed by atoms with Crippen LogP contribution in [0, 0.1) is 11.3 Å². The third-order valence-corrected chi connectivity index (χ3v) is 9.90. The van der Waals surface area contributed by atoms with Gasteiger partial charge in [0.05, 0.1) is 12.2 Å². The molecule has 30 heavy (non-hydrogen) atoms. The molecule has 0 bridgehead atoms. The van der Waals surface area contributed by atoms with Crippen LogP contribution in [0.4, 0.5) is 11.5 Å². The van der Waals surface area contributed by atoms with Gasteiger partial charge in [0.25, 0.3) is 0 Å². The molecule has 0 aliphatic rings. The highest BCUT2D eigenvalue weighted by atomic mass is 28.4. The fourth-order valence-corrected chi connectivity index (χ4v) is 3.62. The number of anilines is 2. The van der Waals surface area contributed by atoms with E-state index in [2.05, 4.69) is 50.2 Å². The van der Waals surface area contributed by atoms with Crippen LogP contribution in [0.15, 0.2) is 36.5 Å². The number of hydrogen-bond acceptors (Lipinski definition) is 6. The summed E-state index contributed by atoms with van der Waals surface area (Å²) in [5.41, 5.74) is 2.48. The van der Waals surface area contributed by atoms with Crippen LogP contribution in [-0.4, -0.2) is 32.5 Å². The van der Waals surface area contributed by atoms with Crippen molar-refractivity contribution in [1.29, 1.82) is 5.26 Å². The number of nitriles is 1. The summed E-state index contributed by atoms with van der Waals surface area (Å²) < 4.78 is 11.4. The molecular formula is C23H31N3O3Si. The summed E-state index contributed by atoms with van der Waals surface area (Å²) in [6, 6.07) is 11.4. The third kappa shape index (κ3) is 6.15. The van der Waals surface area contributed by atoms with E-state index in [0.29, 0.717) is 18.0 Å². The Morgan fingerprint density at radius 3 is 2.63 bits per heavy atom. The van der Waals surface area contributed by atoms with Crippen molar-refractivity contribution >= 4 is 25.8 Å². The minimum absolute atomic E-state index is 0.182. The van der Waals surface area contributed by atoms with Crippen LogP contribution in [0.2, 0.25) is 18.1 Å². The molecule has 1 heterocycles. The summed E-state index contributed by atoms with van der Waals surface area (Å²) in [7, 11) is -1.77. The molecular weight excluding hydrogens is 394 g/mol. The van der Waals surface area contributed by atoms with E-state index in [-0.39, 0.29) is 17.2 Å². The fourth-order valence-electron chi connectivity index (χ4n) is 2.57. The molecule has 6 nitrogen and oxygen atoms in total. The normalized spacial score (nSPS) is 11.6. The Labute approximate surface area is 180 Å². The maximum absolute atomic E-state index is 12.3. The first-order valence-corrected chi connectivity index (χ1v) is 13.1. The number of nitrogens with one attached hydrogen (secondary N) is 1. The summed E-state index contributed by atoms with van der Waals surface area (Å²) in [5.74, 6) is -0.148. The lowest BCUT2D eigenvalue weighted by atomic mass is 10.1. The second kappa shape index (κ2) is 9.87. The zero-order valence-electron chi connectivity index (χ0n) is 18.7. The van der Waals surface area contributed by atoms with Crippen molar-refractivity contribution < 1.29 is 14.0 Å². The standard InChI is InChI=1S/C23H31N3O3Si/c1-7-28-22(27)20-14-18(15-24)16-25-21(20)26-19-10-8-9-17(13-19)11-12-29-30(5,6)23(2,3)4/h8-10,13-14,16H,7,11-12H2,1-6H3,(H,25,26). The van der Waals surface area contributed by atoms with E-state index in [1.165, 1.54) is 12.3 Å². The summed E-state index contributed by atoms with van der Waals surface area (Å²) in [6.45, 7) is 13.8. The Kier molecular flexibility index (Phi) is 7.76. The lowest BCUT2D eigenvalue weighted by Gasteiger charge is -2.36. The van der Waals surface area contributed by atoms with Gasteiger partial charge in [0, 0.05) is 18.5 Å².